The third-order valence-corrected chi connectivity index (χ3v) is 7.83. The van der Waals surface area contributed by atoms with Gasteiger partial charge in [-0.3, -0.25) is 14.5 Å². The molecule has 9 heteroatoms. The van der Waals surface area contributed by atoms with E-state index in [1.807, 2.05) is 49.4 Å². The van der Waals surface area contributed by atoms with E-state index in [-0.39, 0.29) is 11.3 Å². The summed E-state index contributed by atoms with van der Waals surface area (Å²) in [5.74, 6) is -0.517. The predicted molar refractivity (Wildman–Crippen MR) is 163 cm³/mol. The van der Waals surface area contributed by atoms with E-state index in [0.717, 1.165) is 30.4 Å². The van der Waals surface area contributed by atoms with Crippen molar-refractivity contribution in [3.8, 4) is 11.5 Å². The molecule has 5 rings (SSSR count). The molecule has 1 atom stereocenters. The van der Waals surface area contributed by atoms with Crippen molar-refractivity contribution in [2.24, 2.45) is 0 Å². The average Bonchev–Trinajstić information content (AvgIpc) is 3.54. The van der Waals surface area contributed by atoms with E-state index in [1.54, 1.807) is 31.2 Å². The Bertz CT molecular complexity index is 1590. The van der Waals surface area contributed by atoms with Gasteiger partial charge in [0.25, 0.3) is 5.78 Å². The van der Waals surface area contributed by atoms with Crippen LogP contribution in [0.25, 0.3) is 5.76 Å². The van der Waals surface area contributed by atoms with Crippen molar-refractivity contribution in [1.29, 1.82) is 0 Å². The standard InChI is InChI=1S/C33H33N3O5S/c1-4-5-6-18-40-26-14-10-24(11-15-26)29-28(31(38)32(39)36(29)33-35-34-22(3)42-33)30(37)25-12-16-27(17-13-25)41-20-23-9-7-8-21(2)19-23/h7-17,19,29,37H,4-6,18,20H2,1-3H3/b30-28+. The number of carbonyl (C=O) groups is 2. The molecule has 0 bridgehead atoms. The molecule has 1 aliphatic heterocycles. The number of Topliss-reactive ketones (excluding diaryl/α,β-unsaturated/α-hetero) is 1. The van der Waals surface area contributed by atoms with Gasteiger partial charge in [0.15, 0.2) is 0 Å². The lowest BCUT2D eigenvalue weighted by molar-refractivity contribution is -0.132. The van der Waals surface area contributed by atoms with Gasteiger partial charge in [-0.05, 0) is 67.8 Å². The fourth-order valence-electron chi connectivity index (χ4n) is 4.85. The fourth-order valence-corrected chi connectivity index (χ4v) is 5.56. The number of rotatable bonds is 11. The number of aryl methyl sites for hydroxylation is 2. The molecule has 216 valence electrons. The number of hydrogen-bond donors (Lipinski definition) is 1. The van der Waals surface area contributed by atoms with Crippen LogP contribution in [-0.2, 0) is 16.2 Å². The van der Waals surface area contributed by atoms with Crippen molar-refractivity contribution in [2.45, 2.75) is 52.7 Å². The summed E-state index contributed by atoms with van der Waals surface area (Å²) in [6, 6.07) is 21.2. The Hall–Kier alpha value is -4.50. The van der Waals surface area contributed by atoms with E-state index in [0.29, 0.717) is 46.0 Å². The largest absolute Gasteiger partial charge is 0.507 e. The molecule has 0 radical (unpaired) electrons. The summed E-state index contributed by atoms with van der Waals surface area (Å²) >= 11 is 1.21. The molecular weight excluding hydrogens is 550 g/mol. The normalized spacial score (nSPS) is 16.2. The number of benzene rings is 3. The van der Waals surface area contributed by atoms with Gasteiger partial charge in [-0.2, -0.15) is 0 Å². The lowest BCUT2D eigenvalue weighted by atomic mass is 9.95. The van der Waals surface area contributed by atoms with Gasteiger partial charge in [-0.25, -0.2) is 0 Å². The quantitative estimate of drug-likeness (QED) is 0.0884. The summed E-state index contributed by atoms with van der Waals surface area (Å²) in [6.07, 6.45) is 3.16. The topological polar surface area (TPSA) is 102 Å². The maximum Gasteiger partial charge on any atom is 0.301 e. The smallest absolute Gasteiger partial charge is 0.301 e. The van der Waals surface area contributed by atoms with Crippen LogP contribution in [0.1, 0.15) is 59.5 Å². The van der Waals surface area contributed by atoms with Crippen LogP contribution >= 0.6 is 11.3 Å². The Kier molecular flexibility index (Phi) is 8.97. The number of hydrogen-bond acceptors (Lipinski definition) is 8. The summed E-state index contributed by atoms with van der Waals surface area (Å²) in [6.45, 7) is 6.96. The van der Waals surface area contributed by atoms with Crippen molar-refractivity contribution in [3.05, 3.63) is 106 Å². The zero-order valence-electron chi connectivity index (χ0n) is 23.9. The Morgan fingerprint density at radius 1 is 0.929 bits per heavy atom. The van der Waals surface area contributed by atoms with Crippen LogP contribution in [0.4, 0.5) is 5.13 Å². The van der Waals surface area contributed by atoms with Crippen molar-refractivity contribution >= 4 is 33.9 Å². The van der Waals surface area contributed by atoms with Gasteiger partial charge in [0, 0.05) is 5.56 Å². The molecule has 1 amide bonds. The summed E-state index contributed by atoms with van der Waals surface area (Å²) in [4.78, 5) is 28.1. The lowest BCUT2D eigenvalue weighted by Crippen LogP contribution is -2.29. The first-order valence-electron chi connectivity index (χ1n) is 14.0. The van der Waals surface area contributed by atoms with Crippen LogP contribution in [0.3, 0.4) is 0 Å². The monoisotopic (exact) mass is 583 g/mol. The van der Waals surface area contributed by atoms with Crippen LogP contribution < -0.4 is 14.4 Å². The molecule has 0 saturated carbocycles. The number of ether oxygens (including phenoxy) is 2. The molecule has 3 aromatic carbocycles. The Morgan fingerprint density at radius 3 is 2.31 bits per heavy atom. The first-order valence-corrected chi connectivity index (χ1v) is 14.8. The number of amides is 1. The Morgan fingerprint density at radius 2 is 1.64 bits per heavy atom. The first kappa shape index (κ1) is 29.0. The van der Waals surface area contributed by atoms with Gasteiger partial charge in [-0.1, -0.05) is 73.1 Å². The molecule has 4 aromatic rings. The number of nitrogens with zero attached hydrogens (tertiary/aromatic N) is 3. The van der Waals surface area contributed by atoms with E-state index >= 15 is 0 Å². The highest BCUT2D eigenvalue weighted by atomic mass is 32.1. The van der Waals surface area contributed by atoms with Gasteiger partial charge < -0.3 is 14.6 Å². The van der Waals surface area contributed by atoms with Crippen molar-refractivity contribution in [1.82, 2.24) is 10.2 Å². The predicted octanol–water partition coefficient (Wildman–Crippen LogP) is 6.93. The number of unbranched alkanes of at least 4 members (excludes halogenated alkanes) is 2. The van der Waals surface area contributed by atoms with Crippen molar-refractivity contribution in [2.75, 3.05) is 11.5 Å². The van der Waals surface area contributed by atoms with E-state index in [2.05, 4.69) is 23.2 Å². The second-order valence-corrected chi connectivity index (χ2v) is 11.4. The number of aliphatic hydroxyl groups excluding tert-OH is 1. The number of anilines is 1. The second-order valence-electron chi connectivity index (χ2n) is 10.2. The molecule has 1 unspecified atom stereocenters. The van der Waals surface area contributed by atoms with Gasteiger partial charge in [0.2, 0.25) is 5.13 Å². The lowest BCUT2D eigenvalue weighted by Gasteiger charge is -2.22. The van der Waals surface area contributed by atoms with Crippen LogP contribution in [0, 0.1) is 13.8 Å². The fraction of sp³-hybridized carbons (Fsp3) is 0.273. The van der Waals surface area contributed by atoms with Crippen LogP contribution in [0.15, 0.2) is 78.4 Å². The average molecular weight is 584 g/mol. The molecule has 42 heavy (non-hydrogen) atoms. The van der Waals surface area contributed by atoms with Crippen LogP contribution in [-0.4, -0.2) is 33.6 Å². The SMILES string of the molecule is CCCCCOc1ccc(C2/C(=C(\O)c3ccc(OCc4cccc(C)c4)cc3)C(=O)C(=O)N2c2nnc(C)s2)cc1. The molecule has 0 aliphatic carbocycles. The van der Waals surface area contributed by atoms with Gasteiger partial charge in [0.1, 0.15) is 28.9 Å². The molecule has 8 nitrogen and oxygen atoms in total. The minimum atomic E-state index is -0.885. The highest BCUT2D eigenvalue weighted by Crippen LogP contribution is 2.43. The number of ketones is 1. The molecule has 2 heterocycles. The van der Waals surface area contributed by atoms with E-state index in [1.165, 1.54) is 16.2 Å². The highest BCUT2D eigenvalue weighted by Gasteiger charge is 2.48. The van der Waals surface area contributed by atoms with Gasteiger partial charge in [0.05, 0.1) is 18.2 Å². The minimum absolute atomic E-state index is 0.0158. The van der Waals surface area contributed by atoms with Crippen LogP contribution in [0.5, 0.6) is 11.5 Å². The maximum absolute atomic E-state index is 13.4. The first-order chi connectivity index (χ1) is 20.4. The molecule has 0 spiro atoms. The third kappa shape index (κ3) is 6.36. The maximum atomic E-state index is 13.4. The number of carbonyl (C=O) groups excluding carboxylic acids is 2. The molecular formula is C33H33N3O5S. The van der Waals surface area contributed by atoms with Crippen molar-refractivity contribution < 1.29 is 24.2 Å². The van der Waals surface area contributed by atoms with Gasteiger partial charge >= 0.3 is 5.91 Å². The number of aliphatic hydroxyl groups is 1. The minimum Gasteiger partial charge on any atom is -0.507 e. The van der Waals surface area contributed by atoms with Crippen LogP contribution in [0.2, 0.25) is 0 Å². The Balaban J connectivity index is 1.45. The van der Waals surface area contributed by atoms with Gasteiger partial charge in [-0.15, -0.1) is 10.2 Å². The summed E-state index contributed by atoms with van der Waals surface area (Å²) < 4.78 is 11.8. The third-order valence-electron chi connectivity index (χ3n) is 6.99. The zero-order chi connectivity index (χ0) is 29.6. The zero-order valence-corrected chi connectivity index (χ0v) is 24.7. The van der Waals surface area contributed by atoms with E-state index in [4.69, 9.17) is 9.47 Å². The molecule has 1 saturated heterocycles. The summed E-state index contributed by atoms with van der Waals surface area (Å²) in [5, 5.41) is 20.6. The van der Waals surface area contributed by atoms with E-state index < -0.39 is 17.7 Å². The number of aromatic nitrogens is 2. The Labute approximate surface area is 249 Å². The molecule has 1 N–H and O–H groups in total. The second kappa shape index (κ2) is 13.0. The molecule has 1 aromatic heterocycles. The van der Waals surface area contributed by atoms with Crippen molar-refractivity contribution in [3.63, 3.8) is 0 Å². The highest BCUT2D eigenvalue weighted by molar-refractivity contribution is 7.15. The summed E-state index contributed by atoms with van der Waals surface area (Å²) in [7, 11) is 0. The van der Waals surface area contributed by atoms with E-state index in [9.17, 15) is 14.7 Å². The summed E-state index contributed by atoms with van der Waals surface area (Å²) in [5.41, 5.74) is 3.22. The molecule has 1 fully saturated rings. The molecule has 1 aliphatic rings.